The van der Waals surface area contributed by atoms with Gasteiger partial charge >= 0.3 is 0 Å². The Kier molecular flexibility index (Phi) is 6.09. The van der Waals surface area contributed by atoms with E-state index in [4.69, 9.17) is 12.8 Å². The summed E-state index contributed by atoms with van der Waals surface area (Å²) in [6.07, 6.45) is 7.33. The molecule has 2 radical (unpaired) electrons. The highest BCUT2D eigenvalue weighted by Crippen LogP contribution is 2.41. The van der Waals surface area contributed by atoms with Crippen LogP contribution in [0.2, 0.25) is 0 Å². The average molecular weight is 566 g/mol. The van der Waals surface area contributed by atoms with E-state index in [2.05, 4.69) is 87.8 Å². The molecule has 0 fully saturated rings. The molecule has 0 N–H and O–H groups in total. The van der Waals surface area contributed by atoms with Gasteiger partial charge in [-0.15, -0.1) is 12.6 Å². The van der Waals surface area contributed by atoms with Crippen LogP contribution in [0.3, 0.4) is 0 Å². The standard InChI is InChI=1S/C37H23BN4S/c38-28-5-7-29(8-6-28)42-36-32-12-4-27(24-15-19-40-20-16-24)22-34(32)33-21-26(23-13-17-39-18-14-23)3-11-31(33)35(36)41-37(42)25-1-9-30(43)10-2-25/h1-22,43H. The van der Waals surface area contributed by atoms with Gasteiger partial charge in [0.1, 0.15) is 13.7 Å². The van der Waals surface area contributed by atoms with Gasteiger partial charge in [0, 0.05) is 51.7 Å². The van der Waals surface area contributed by atoms with Crippen molar-refractivity contribution < 1.29 is 0 Å². The fourth-order valence-corrected chi connectivity index (χ4v) is 6.08. The molecule has 0 saturated carbocycles. The lowest BCUT2D eigenvalue weighted by atomic mass is 9.93. The lowest BCUT2D eigenvalue weighted by molar-refractivity contribution is 1.11. The van der Waals surface area contributed by atoms with Gasteiger partial charge in [-0.2, -0.15) is 0 Å². The van der Waals surface area contributed by atoms with Crippen LogP contribution in [0.15, 0.2) is 139 Å². The summed E-state index contributed by atoms with van der Waals surface area (Å²) in [7, 11) is 6.12. The zero-order chi connectivity index (χ0) is 28.9. The minimum atomic E-state index is 0.718. The summed E-state index contributed by atoms with van der Waals surface area (Å²) >= 11 is 4.53. The maximum absolute atomic E-state index is 6.12. The summed E-state index contributed by atoms with van der Waals surface area (Å²) in [4.78, 5) is 14.7. The van der Waals surface area contributed by atoms with Crippen molar-refractivity contribution in [2.45, 2.75) is 4.90 Å². The van der Waals surface area contributed by atoms with E-state index in [-0.39, 0.29) is 0 Å². The number of fused-ring (bicyclic) bond motifs is 6. The van der Waals surface area contributed by atoms with Gasteiger partial charge in [0.15, 0.2) is 0 Å². The smallest absolute Gasteiger partial charge is 0.145 e. The Hall–Kier alpha value is -5.20. The number of pyridine rings is 2. The molecule has 0 unspecified atom stereocenters. The molecule has 0 spiro atoms. The van der Waals surface area contributed by atoms with E-state index < -0.39 is 0 Å². The number of rotatable bonds is 4. The SMILES string of the molecule is [B]c1ccc(-n2c(-c3ccc(S)cc3)nc3c4ccc(-c5ccncc5)cc4c4cc(-c5ccncc5)ccc4c32)cc1. The first-order chi connectivity index (χ1) is 21.1. The van der Waals surface area contributed by atoms with Crippen LogP contribution in [0.4, 0.5) is 0 Å². The zero-order valence-electron chi connectivity index (χ0n) is 23.0. The summed E-state index contributed by atoms with van der Waals surface area (Å²) in [5.74, 6) is 0.860. The van der Waals surface area contributed by atoms with Crippen LogP contribution in [-0.2, 0) is 0 Å². The monoisotopic (exact) mass is 566 g/mol. The van der Waals surface area contributed by atoms with Crippen LogP contribution in [0.25, 0.3) is 71.9 Å². The molecule has 43 heavy (non-hydrogen) atoms. The van der Waals surface area contributed by atoms with Crippen molar-refractivity contribution in [2.24, 2.45) is 0 Å². The fraction of sp³-hybridized carbons (Fsp3) is 0. The first kappa shape index (κ1) is 25.5. The van der Waals surface area contributed by atoms with Crippen molar-refractivity contribution in [1.82, 2.24) is 19.5 Å². The second kappa shape index (κ2) is 10.3. The van der Waals surface area contributed by atoms with Gasteiger partial charge in [-0.1, -0.05) is 54.0 Å². The molecular weight excluding hydrogens is 543 g/mol. The zero-order valence-corrected chi connectivity index (χ0v) is 23.9. The second-order valence-electron chi connectivity index (χ2n) is 10.6. The maximum atomic E-state index is 6.12. The molecule has 4 nitrogen and oxygen atoms in total. The number of nitrogens with zero attached hydrogens (tertiary/aromatic N) is 4. The Bertz CT molecular complexity index is 2280. The van der Waals surface area contributed by atoms with E-state index >= 15 is 0 Å². The molecule has 0 amide bonds. The van der Waals surface area contributed by atoms with Crippen LogP contribution in [0, 0.1) is 0 Å². The Balaban J connectivity index is 1.53. The number of benzene rings is 5. The van der Waals surface area contributed by atoms with Crippen molar-refractivity contribution in [1.29, 1.82) is 0 Å². The van der Waals surface area contributed by atoms with E-state index in [1.165, 1.54) is 0 Å². The summed E-state index contributed by atoms with van der Waals surface area (Å²) in [6.45, 7) is 0. The first-order valence-corrected chi connectivity index (χ1v) is 14.5. The minimum absolute atomic E-state index is 0.718. The number of thiol groups is 1. The summed E-state index contributed by atoms with van der Waals surface area (Å²) in [5, 5.41) is 4.51. The predicted octanol–water partition coefficient (Wildman–Crippen LogP) is 8.21. The largest absolute Gasteiger partial charge is 0.292 e. The third-order valence-electron chi connectivity index (χ3n) is 8.02. The molecule has 3 aromatic heterocycles. The first-order valence-electron chi connectivity index (χ1n) is 14.0. The fourth-order valence-electron chi connectivity index (χ4n) is 5.93. The topological polar surface area (TPSA) is 43.6 Å². The highest BCUT2D eigenvalue weighted by atomic mass is 32.1. The van der Waals surface area contributed by atoms with Gasteiger partial charge in [-0.05, 0) is 93.7 Å². The molecule has 0 bridgehead atoms. The Morgan fingerprint density at radius 3 is 1.65 bits per heavy atom. The number of aromatic nitrogens is 4. The van der Waals surface area contributed by atoms with E-state index in [9.17, 15) is 0 Å². The Morgan fingerprint density at radius 1 is 0.512 bits per heavy atom. The molecule has 5 aromatic carbocycles. The predicted molar refractivity (Wildman–Crippen MR) is 181 cm³/mol. The van der Waals surface area contributed by atoms with Crippen LogP contribution in [-0.4, -0.2) is 27.4 Å². The van der Waals surface area contributed by atoms with Crippen molar-refractivity contribution in [2.75, 3.05) is 0 Å². The minimum Gasteiger partial charge on any atom is -0.292 e. The molecule has 0 aliphatic carbocycles. The van der Waals surface area contributed by atoms with Crippen molar-refractivity contribution in [3.8, 4) is 39.3 Å². The van der Waals surface area contributed by atoms with Gasteiger partial charge in [0.05, 0.1) is 11.0 Å². The lowest BCUT2D eigenvalue weighted by Crippen LogP contribution is -2.04. The number of imidazole rings is 1. The maximum Gasteiger partial charge on any atom is 0.145 e. The van der Waals surface area contributed by atoms with Gasteiger partial charge in [-0.3, -0.25) is 14.5 Å². The normalized spacial score (nSPS) is 11.5. The molecule has 0 aliphatic rings. The van der Waals surface area contributed by atoms with Crippen LogP contribution in [0.1, 0.15) is 0 Å². The van der Waals surface area contributed by atoms with Crippen LogP contribution >= 0.6 is 12.6 Å². The average Bonchev–Trinajstić information content (AvgIpc) is 3.47. The molecule has 8 aromatic rings. The Morgan fingerprint density at radius 2 is 1.05 bits per heavy atom. The highest BCUT2D eigenvalue weighted by molar-refractivity contribution is 7.80. The molecule has 0 aliphatic heterocycles. The summed E-state index contributed by atoms with van der Waals surface area (Å²) in [6, 6.07) is 37.7. The van der Waals surface area contributed by atoms with Crippen LogP contribution in [0.5, 0.6) is 0 Å². The summed E-state index contributed by atoms with van der Waals surface area (Å²) < 4.78 is 2.26. The number of hydrogen-bond donors (Lipinski definition) is 1. The lowest BCUT2D eigenvalue weighted by Gasteiger charge is -2.14. The highest BCUT2D eigenvalue weighted by Gasteiger charge is 2.21. The third-order valence-corrected chi connectivity index (χ3v) is 8.32. The van der Waals surface area contributed by atoms with Crippen molar-refractivity contribution in [3.05, 3.63) is 134 Å². The van der Waals surface area contributed by atoms with Gasteiger partial charge in [0.2, 0.25) is 0 Å². The molecule has 6 heteroatoms. The quantitative estimate of drug-likeness (QED) is 0.133. The molecule has 3 heterocycles. The van der Waals surface area contributed by atoms with E-state index in [0.717, 1.165) is 82.3 Å². The molecular formula is C37H23BN4S. The van der Waals surface area contributed by atoms with E-state index in [1.54, 1.807) is 0 Å². The molecule has 0 atom stereocenters. The van der Waals surface area contributed by atoms with Crippen LogP contribution < -0.4 is 5.46 Å². The third kappa shape index (κ3) is 4.39. The molecule has 200 valence electrons. The van der Waals surface area contributed by atoms with E-state index in [1.807, 2.05) is 73.3 Å². The van der Waals surface area contributed by atoms with Gasteiger partial charge in [0.25, 0.3) is 0 Å². The van der Waals surface area contributed by atoms with Gasteiger partial charge < -0.3 is 0 Å². The van der Waals surface area contributed by atoms with Crippen molar-refractivity contribution >= 4 is 58.5 Å². The molecule has 0 saturated heterocycles. The summed E-state index contributed by atoms with van der Waals surface area (Å²) in [5.41, 5.74) is 9.22. The van der Waals surface area contributed by atoms with Crippen molar-refractivity contribution in [3.63, 3.8) is 0 Å². The van der Waals surface area contributed by atoms with Gasteiger partial charge in [-0.25, -0.2) is 4.98 Å². The molecule has 8 rings (SSSR count). The Labute approximate surface area is 255 Å². The van der Waals surface area contributed by atoms with E-state index in [0.29, 0.717) is 0 Å². The second-order valence-corrected chi connectivity index (χ2v) is 11.1. The number of hydrogen-bond acceptors (Lipinski definition) is 4.